The molecule has 2 heterocycles. The highest BCUT2D eigenvalue weighted by atomic mass is 16.5. The molecule has 0 spiro atoms. The molecule has 2 N–H and O–H groups in total. The molecule has 4 rings (SSSR count). The Kier molecular flexibility index (Phi) is 8.85. The number of nitrogens with zero attached hydrogens (tertiary/aromatic N) is 3. The van der Waals surface area contributed by atoms with Gasteiger partial charge >= 0.3 is 18.0 Å². The number of benzene rings is 2. The lowest BCUT2D eigenvalue weighted by Gasteiger charge is -2.39. The molecule has 2 aromatic carbocycles. The summed E-state index contributed by atoms with van der Waals surface area (Å²) < 4.78 is 11.4. The van der Waals surface area contributed by atoms with Gasteiger partial charge in [0.25, 0.3) is 0 Å². The second-order valence-electron chi connectivity index (χ2n) is 9.11. The first-order valence-corrected chi connectivity index (χ1v) is 12.9. The zero-order chi connectivity index (χ0) is 27.1. The van der Waals surface area contributed by atoms with Crippen LogP contribution in [0, 0.1) is 0 Å². The molecule has 10 nitrogen and oxygen atoms in total. The number of carbonyl (C=O) groups is 3. The van der Waals surface area contributed by atoms with E-state index in [1.54, 1.807) is 18.9 Å². The van der Waals surface area contributed by atoms with E-state index in [1.165, 1.54) is 4.90 Å². The monoisotopic (exact) mass is 521 g/mol. The van der Waals surface area contributed by atoms with Crippen molar-refractivity contribution in [2.45, 2.75) is 19.9 Å². The highest BCUT2D eigenvalue weighted by Gasteiger charge is 2.38. The first kappa shape index (κ1) is 27.0. The number of nitrogens with one attached hydrogen (secondary N) is 2. The molecule has 1 atom stereocenters. The van der Waals surface area contributed by atoms with Gasteiger partial charge in [0.05, 0.1) is 18.2 Å². The number of carbonyl (C=O) groups excluding carboxylic acids is 3. The highest BCUT2D eigenvalue weighted by molar-refractivity contribution is 5.95. The zero-order valence-electron chi connectivity index (χ0n) is 22.1. The summed E-state index contributed by atoms with van der Waals surface area (Å²) >= 11 is 0. The molecule has 38 heavy (non-hydrogen) atoms. The minimum Gasteiger partial charge on any atom is -0.463 e. The molecule has 0 aromatic heterocycles. The Morgan fingerprint density at radius 1 is 1.00 bits per heavy atom. The van der Waals surface area contributed by atoms with E-state index in [1.807, 2.05) is 61.5 Å². The molecule has 202 valence electrons. The number of rotatable bonds is 8. The van der Waals surface area contributed by atoms with Crippen LogP contribution < -0.4 is 15.4 Å². The fraction of sp³-hybridized carbons (Fsp3) is 0.393. The Balaban J connectivity index is 1.62. The number of esters is 1. The van der Waals surface area contributed by atoms with Gasteiger partial charge < -0.3 is 25.0 Å². The van der Waals surface area contributed by atoms with Crippen molar-refractivity contribution in [2.75, 3.05) is 52.9 Å². The van der Waals surface area contributed by atoms with Gasteiger partial charge in [-0.3, -0.25) is 9.80 Å². The van der Waals surface area contributed by atoms with E-state index < -0.39 is 12.0 Å². The molecule has 1 fully saturated rings. The topological polar surface area (TPSA) is 103 Å². The van der Waals surface area contributed by atoms with Gasteiger partial charge in [-0.1, -0.05) is 30.3 Å². The lowest BCUT2D eigenvalue weighted by molar-refractivity contribution is -0.139. The lowest BCUT2D eigenvalue weighted by Crippen LogP contribution is -2.54. The summed E-state index contributed by atoms with van der Waals surface area (Å²) in [6.07, 6.45) is 0. The van der Waals surface area contributed by atoms with Gasteiger partial charge in [0.1, 0.15) is 11.5 Å². The van der Waals surface area contributed by atoms with E-state index in [4.69, 9.17) is 9.47 Å². The first-order chi connectivity index (χ1) is 18.4. The summed E-state index contributed by atoms with van der Waals surface area (Å²) in [5.41, 5.74) is 1.68. The zero-order valence-corrected chi connectivity index (χ0v) is 22.1. The Hall–Kier alpha value is -4.05. The predicted molar refractivity (Wildman–Crippen MR) is 143 cm³/mol. The maximum atomic E-state index is 13.3. The molecule has 1 unspecified atom stereocenters. The number of urea groups is 2. The largest absolute Gasteiger partial charge is 0.463 e. The van der Waals surface area contributed by atoms with Crippen molar-refractivity contribution in [1.82, 2.24) is 25.3 Å². The van der Waals surface area contributed by atoms with Crippen LogP contribution in [-0.2, 0) is 9.53 Å². The van der Waals surface area contributed by atoms with Crippen molar-refractivity contribution < 1.29 is 23.9 Å². The van der Waals surface area contributed by atoms with Crippen LogP contribution in [0.15, 0.2) is 65.9 Å². The van der Waals surface area contributed by atoms with Crippen LogP contribution in [0.5, 0.6) is 11.5 Å². The van der Waals surface area contributed by atoms with Gasteiger partial charge in [-0.25, -0.2) is 14.4 Å². The summed E-state index contributed by atoms with van der Waals surface area (Å²) in [6.45, 7) is 7.18. The minimum atomic E-state index is -0.705. The molecule has 0 aliphatic carbocycles. The van der Waals surface area contributed by atoms with Crippen molar-refractivity contribution in [1.29, 1.82) is 0 Å². The number of hydrogen-bond donors (Lipinski definition) is 2. The van der Waals surface area contributed by atoms with Gasteiger partial charge in [0.2, 0.25) is 0 Å². The molecule has 0 bridgehead atoms. The van der Waals surface area contributed by atoms with Crippen molar-refractivity contribution in [3.63, 3.8) is 0 Å². The van der Waals surface area contributed by atoms with Crippen LogP contribution in [0.1, 0.15) is 25.5 Å². The molecule has 0 saturated carbocycles. The third-order valence-electron chi connectivity index (χ3n) is 6.60. The summed E-state index contributed by atoms with van der Waals surface area (Å²) in [5, 5.41) is 5.79. The smallest absolute Gasteiger partial charge is 0.338 e. The molecule has 10 heteroatoms. The second-order valence-corrected chi connectivity index (χ2v) is 9.11. The van der Waals surface area contributed by atoms with Gasteiger partial charge in [-0.2, -0.15) is 0 Å². The summed E-state index contributed by atoms with van der Waals surface area (Å²) in [4.78, 5) is 44.0. The number of amides is 4. The Labute approximate surface area is 223 Å². The third-order valence-corrected chi connectivity index (χ3v) is 6.60. The lowest BCUT2D eigenvalue weighted by atomic mass is 9.94. The SMILES string of the molecule is CCNC(=O)N1CCN(CC2=C(C(=O)OCC)C(c3cccc(Oc4ccccc4)c3)NC(=O)N2C)CC1. The van der Waals surface area contributed by atoms with E-state index in [-0.39, 0.29) is 18.7 Å². The number of ether oxygens (including phenoxy) is 2. The Morgan fingerprint density at radius 2 is 1.71 bits per heavy atom. The number of hydrogen-bond acceptors (Lipinski definition) is 6. The van der Waals surface area contributed by atoms with Gasteiger partial charge in [0.15, 0.2) is 0 Å². The van der Waals surface area contributed by atoms with Crippen LogP contribution >= 0.6 is 0 Å². The molecular weight excluding hydrogens is 486 g/mol. The van der Waals surface area contributed by atoms with Crippen LogP contribution in [-0.4, -0.2) is 85.7 Å². The predicted octanol–water partition coefficient (Wildman–Crippen LogP) is 3.34. The molecular formula is C28H35N5O5. The Bertz CT molecular complexity index is 1180. The van der Waals surface area contributed by atoms with Crippen LogP contribution in [0.2, 0.25) is 0 Å². The molecule has 1 saturated heterocycles. The minimum absolute atomic E-state index is 0.0783. The van der Waals surface area contributed by atoms with E-state index in [0.717, 1.165) is 0 Å². The molecule has 2 aromatic rings. The molecule has 0 radical (unpaired) electrons. The normalized spacial score (nSPS) is 18.2. The number of likely N-dealkylation sites (N-methyl/N-ethyl adjacent to an activating group) is 1. The fourth-order valence-corrected chi connectivity index (χ4v) is 4.61. The van der Waals surface area contributed by atoms with Crippen LogP contribution in [0.3, 0.4) is 0 Å². The average molecular weight is 522 g/mol. The standard InChI is InChI=1S/C28H35N5O5/c1-4-29-27(35)33-16-14-32(15-17-33)19-23-24(26(34)37-5-2)25(30-28(36)31(23)3)20-10-9-13-22(18-20)38-21-11-7-6-8-12-21/h6-13,18,25H,4-5,14-17,19H2,1-3H3,(H,29,35)(H,30,36). The van der Waals surface area contributed by atoms with Gasteiger partial charge in [-0.15, -0.1) is 0 Å². The number of para-hydroxylation sites is 1. The fourth-order valence-electron chi connectivity index (χ4n) is 4.61. The van der Waals surface area contributed by atoms with E-state index in [0.29, 0.717) is 67.6 Å². The van der Waals surface area contributed by atoms with Crippen LogP contribution in [0.4, 0.5) is 9.59 Å². The quantitative estimate of drug-likeness (QED) is 0.517. The van der Waals surface area contributed by atoms with Crippen molar-refractivity contribution in [2.24, 2.45) is 0 Å². The highest BCUT2D eigenvalue weighted by Crippen LogP contribution is 2.34. The molecule has 2 aliphatic heterocycles. The Morgan fingerprint density at radius 3 is 2.39 bits per heavy atom. The van der Waals surface area contributed by atoms with Crippen molar-refractivity contribution >= 4 is 18.0 Å². The molecule has 4 amide bonds. The van der Waals surface area contributed by atoms with Gasteiger partial charge in [0, 0.05) is 52.0 Å². The summed E-state index contributed by atoms with van der Waals surface area (Å²) in [5.74, 6) is 0.800. The maximum absolute atomic E-state index is 13.3. The summed E-state index contributed by atoms with van der Waals surface area (Å²) in [6, 6.07) is 15.7. The van der Waals surface area contributed by atoms with E-state index in [2.05, 4.69) is 15.5 Å². The second kappa shape index (κ2) is 12.5. The van der Waals surface area contributed by atoms with Crippen molar-refractivity contribution in [3.05, 3.63) is 71.4 Å². The van der Waals surface area contributed by atoms with E-state index in [9.17, 15) is 14.4 Å². The average Bonchev–Trinajstić information content (AvgIpc) is 2.92. The molecule has 2 aliphatic rings. The third kappa shape index (κ3) is 6.25. The number of piperazine rings is 1. The van der Waals surface area contributed by atoms with Crippen LogP contribution in [0.25, 0.3) is 0 Å². The van der Waals surface area contributed by atoms with Gasteiger partial charge in [-0.05, 0) is 43.7 Å². The first-order valence-electron chi connectivity index (χ1n) is 12.9. The van der Waals surface area contributed by atoms with Crippen molar-refractivity contribution in [3.8, 4) is 11.5 Å². The maximum Gasteiger partial charge on any atom is 0.338 e. The summed E-state index contributed by atoms with van der Waals surface area (Å²) in [7, 11) is 1.65. The van der Waals surface area contributed by atoms with E-state index >= 15 is 0 Å².